The highest BCUT2D eigenvalue weighted by molar-refractivity contribution is 9.09. The summed E-state index contributed by atoms with van der Waals surface area (Å²) < 4.78 is 32.0. The van der Waals surface area contributed by atoms with Gasteiger partial charge in [0, 0.05) is 29.6 Å². The van der Waals surface area contributed by atoms with E-state index in [-0.39, 0.29) is 17.6 Å². The molecule has 0 radical (unpaired) electrons. The van der Waals surface area contributed by atoms with Gasteiger partial charge < -0.3 is 4.43 Å². The molecule has 0 N–H and O–H groups in total. The summed E-state index contributed by atoms with van der Waals surface area (Å²) in [5.74, 6) is 9.96. The predicted molar refractivity (Wildman–Crippen MR) is 150 cm³/mol. The number of alkyl halides is 1. The summed E-state index contributed by atoms with van der Waals surface area (Å²) in [5.41, 5.74) is 2.44. The molecule has 0 bridgehead atoms. The molecule has 33 heavy (non-hydrogen) atoms. The molecule has 0 aliphatic rings. The highest BCUT2D eigenvalue weighted by atomic mass is 79.9. The molecule has 0 spiro atoms. The first-order valence-electron chi connectivity index (χ1n) is 11.2. The highest BCUT2D eigenvalue weighted by Gasteiger charge is 2.40. The number of rotatable bonds is 10. The van der Waals surface area contributed by atoms with Gasteiger partial charge in [-0.05, 0) is 39.1 Å². The minimum Gasteiger partial charge on any atom is -0.400 e. The lowest BCUT2D eigenvalue weighted by molar-refractivity contribution is 0.0866. The fraction of sp³-hybridized carbons (Fsp3) is 0.538. The number of benzene rings is 1. The van der Waals surface area contributed by atoms with Gasteiger partial charge in [0.2, 0.25) is 0 Å². The Balaban J connectivity index is 3.27. The SMILES string of the molecule is C=CCC(C#CCCS(=O)(=O)c1ccccc1)(CC(C)(C)C#C[Si](C)(C)C)O[Si](C)(C)CBr. The quantitative estimate of drug-likeness (QED) is 0.138. The zero-order valence-corrected chi connectivity index (χ0v) is 25.6. The van der Waals surface area contributed by atoms with Gasteiger partial charge in [0.15, 0.2) is 18.2 Å². The molecule has 1 unspecified atom stereocenters. The molecule has 0 saturated heterocycles. The Hall–Kier alpha value is -1.10. The van der Waals surface area contributed by atoms with Crippen LogP contribution in [0.3, 0.4) is 0 Å². The molecule has 1 aromatic carbocycles. The standard InChI is InChI=1S/C26H39BrO3SSi2/c1-9-17-26(30-33(7,8)23-27,22-25(2,3)19-21-32(4,5)6)18-13-14-20-31(28,29)24-15-11-10-12-16-24/h9-12,15-16H,1,14,17,20,22-23H2,2-8H3. The Kier molecular flexibility index (Phi) is 10.9. The van der Waals surface area contributed by atoms with Gasteiger partial charge in [0.1, 0.15) is 13.7 Å². The van der Waals surface area contributed by atoms with Crippen molar-refractivity contribution in [1.29, 1.82) is 0 Å². The van der Waals surface area contributed by atoms with Crippen LogP contribution in [-0.2, 0) is 14.3 Å². The van der Waals surface area contributed by atoms with Crippen LogP contribution >= 0.6 is 15.9 Å². The minimum absolute atomic E-state index is 0.0216. The Bertz CT molecular complexity index is 1020. The first-order chi connectivity index (χ1) is 15.1. The first-order valence-corrected chi connectivity index (χ1v) is 20.6. The van der Waals surface area contributed by atoms with Gasteiger partial charge in [0.25, 0.3) is 0 Å². The summed E-state index contributed by atoms with van der Waals surface area (Å²) in [6.07, 6.45) is 3.28. The van der Waals surface area contributed by atoms with Gasteiger partial charge in [-0.25, -0.2) is 8.42 Å². The summed E-state index contributed by atoms with van der Waals surface area (Å²) in [6, 6.07) is 8.52. The molecular formula is C26H39BrO3SSi2. The van der Waals surface area contributed by atoms with Crippen molar-refractivity contribution in [3.05, 3.63) is 43.0 Å². The molecule has 3 nitrogen and oxygen atoms in total. The van der Waals surface area contributed by atoms with Gasteiger partial charge in [-0.3, -0.25) is 0 Å². The summed E-state index contributed by atoms with van der Waals surface area (Å²) >= 11 is 3.61. The van der Waals surface area contributed by atoms with Gasteiger partial charge in [-0.2, -0.15) is 0 Å². The lowest BCUT2D eigenvalue weighted by Gasteiger charge is -2.39. The molecular weight excluding hydrogens is 528 g/mol. The average molecular weight is 568 g/mol. The number of hydrogen-bond acceptors (Lipinski definition) is 3. The van der Waals surface area contributed by atoms with Crippen LogP contribution in [0.15, 0.2) is 47.9 Å². The third kappa shape index (κ3) is 11.3. The lowest BCUT2D eigenvalue weighted by atomic mass is 9.79. The molecule has 1 aromatic rings. The molecule has 0 saturated carbocycles. The van der Waals surface area contributed by atoms with E-state index in [0.29, 0.717) is 17.7 Å². The monoisotopic (exact) mass is 566 g/mol. The summed E-state index contributed by atoms with van der Waals surface area (Å²) in [6.45, 7) is 19.2. The summed E-state index contributed by atoms with van der Waals surface area (Å²) in [5, 5.41) is 0. The van der Waals surface area contributed by atoms with Crippen LogP contribution in [0.1, 0.15) is 33.1 Å². The molecule has 0 aromatic heterocycles. The van der Waals surface area contributed by atoms with E-state index in [1.807, 2.05) is 12.1 Å². The van der Waals surface area contributed by atoms with Crippen LogP contribution in [0.25, 0.3) is 0 Å². The minimum atomic E-state index is -3.37. The molecule has 1 rings (SSSR count). The van der Waals surface area contributed by atoms with Crippen molar-refractivity contribution in [3.63, 3.8) is 0 Å². The second-order valence-electron chi connectivity index (χ2n) is 10.7. The van der Waals surface area contributed by atoms with Crippen molar-refractivity contribution >= 4 is 42.2 Å². The maximum Gasteiger partial charge on any atom is 0.199 e. The zero-order chi connectivity index (χ0) is 25.4. The van der Waals surface area contributed by atoms with Crippen molar-refractivity contribution < 1.29 is 12.8 Å². The van der Waals surface area contributed by atoms with E-state index in [0.717, 1.165) is 4.95 Å². The van der Waals surface area contributed by atoms with Crippen molar-refractivity contribution in [2.45, 2.75) is 76.3 Å². The molecule has 7 heteroatoms. The van der Waals surface area contributed by atoms with E-state index < -0.39 is 31.8 Å². The fourth-order valence-electron chi connectivity index (χ4n) is 3.33. The largest absolute Gasteiger partial charge is 0.400 e. The first kappa shape index (κ1) is 29.9. The average Bonchev–Trinajstić information content (AvgIpc) is 2.70. The zero-order valence-electron chi connectivity index (χ0n) is 21.2. The summed E-state index contributed by atoms with van der Waals surface area (Å²) in [4.78, 5) is 1.11. The van der Waals surface area contributed by atoms with Crippen LogP contribution < -0.4 is 0 Å². The van der Waals surface area contributed by atoms with E-state index in [9.17, 15) is 8.42 Å². The van der Waals surface area contributed by atoms with Crippen molar-refractivity contribution in [2.24, 2.45) is 5.41 Å². The van der Waals surface area contributed by atoms with Crippen LogP contribution in [0.5, 0.6) is 0 Å². The third-order valence-corrected chi connectivity index (χ3v) is 12.9. The molecule has 0 heterocycles. The van der Waals surface area contributed by atoms with Crippen LogP contribution in [0.2, 0.25) is 32.7 Å². The molecule has 0 fully saturated rings. The van der Waals surface area contributed by atoms with E-state index in [1.54, 1.807) is 24.3 Å². The van der Waals surface area contributed by atoms with Gasteiger partial charge >= 0.3 is 0 Å². The van der Waals surface area contributed by atoms with Crippen molar-refractivity contribution in [3.8, 4) is 23.3 Å². The number of halogens is 1. The topological polar surface area (TPSA) is 43.4 Å². The molecule has 1 atom stereocenters. The van der Waals surface area contributed by atoms with Crippen LogP contribution in [0, 0.1) is 28.7 Å². The van der Waals surface area contributed by atoms with Gasteiger partial charge in [-0.1, -0.05) is 71.7 Å². The number of sulfone groups is 1. The second kappa shape index (κ2) is 12.0. The Labute approximate surface area is 213 Å². The predicted octanol–water partition coefficient (Wildman–Crippen LogP) is 6.62. The van der Waals surface area contributed by atoms with Gasteiger partial charge in [-0.15, -0.1) is 18.0 Å². The van der Waals surface area contributed by atoms with E-state index in [1.165, 1.54) is 0 Å². The van der Waals surface area contributed by atoms with E-state index >= 15 is 0 Å². The second-order valence-corrected chi connectivity index (χ2v) is 23.3. The van der Waals surface area contributed by atoms with Crippen LogP contribution in [0.4, 0.5) is 0 Å². The maximum atomic E-state index is 12.6. The molecule has 182 valence electrons. The van der Waals surface area contributed by atoms with Gasteiger partial charge in [0.05, 0.1) is 10.6 Å². The van der Waals surface area contributed by atoms with Crippen molar-refractivity contribution in [1.82, 2.24) is 0 Å². The molecule has 0 aliphatic carbocycles. The van der Waals surface area contributed by atoms with Crippen LogP contribution in [-0.4, -0.2) is 41.1 Å². The smallest absolute Gasteiger partial charge is 0.199 e. The lowest BCUT2D eigenvalue weighted by Crippen LogP contribution is -2.47. The fourth-order valence-corrected chi connectivity index (χ4v) is 6.88. The maximum absolute atomic E-state index is 12.6. The number of hydrogen-bond donors (Lipinski definition) is 0. The summed E-state index contributed by atoms with van der Waals surface area (Å²) in [7, 11) is -6.94. The third-order valence-electron chi connectivity index (χ3n) is 4.69. The van der Waals surface area contributed by atoms with Crippen molar-refractivity contribution in [2.75, 3.05) is 10.7 Å². The van der Waals surface area contributed by atoms with E-state index in [4.69, 9.17) is 4.43 Å². The molecule has 0 aliphatic heterocycles. The van der Waals surface area contributed by atoms with E-state index in [2.05, 4.69) is 92.4 Å². The Morgan fingerprint density at radius 3 is 2.21 bits per heavy atom. The Morgan fingerprint density at radius 1 is 1.09 bits per heavy atom. The highest BCUT2D eigenvalue weighted by Crippen LogP contribution is 2.35. The molecule has 0 amide bonds. The normalized spacial score (nSPS) is 14.3. The Morgan fingerprint density at radius 2 is 1.70 bits per heavy atom.